The van der Waals surface area contributed by atoms with Crippen LogP contribution in [0.1, 0.15) is 15.9 Å². The smallest absolute Gasteiger partial charge is 0.351 e. The molecule has 10 heteroatoms. The highest BCUT2D eigenvalue weighted by atomic mass is 79.9. The Morgan fingerprint density at radius 3 is 2.48 bits per heavy atom. The minimum atomic E-state index is -4.69. The molecule has 0 saturated carbocycles. The van der Waals surface area contributed by atoms with Crippen molar-refractivity contribution < 1.29 is 26.4 Å². The number of hydrogen-bond donors (Lipinski definition) is 2. The molecule has 0 saturated heterocycles. The quantitative estimate of drug-likeness (QED) is 0.806. The lowest BCUT2D eigenvalue weighted by Gasteiger charge is -2.13. The van der Waals surface area contributed by atoms with E-state index in [0.717, 1.165) is 12.1 Å². The molecule has 2 N–H and O–H groups in total. The summed E-state index contributed by atoms with van der Waals surface area (Å²) in [4.78, 5) is 11.8. The summed E-state index contributed by atoms with van der Waals surface area (Å²) in [7, 11) is -2.34. The molecule has 0 bridgehead atoms. The number of benzene rings is 1. The van der Waals surface area contributed by atoms with E-state index in [1.807, 2.05) is 4.72 Å². The van der Waals surface area contributed by atoms with Crippen molar-refractivity contribution in [2.24, 2.45) is 0 Å². The van der Waals surface area contributed by atoms with Crippen molar-refractivity contribution in [2.45, 2.75) is 6.18 Å². The molecule has 0 unspecified atom stereocenters. The van der Waals surface area contributed by atoms with Gasteiger partial charge in [-0.2, -0.15) is 13.2 Å². The van der Waals surface area contributed by atoms with E-state index in [-0.39, 0.29) is 11.0 Å². The van der Waals surface area contributed by atoms with Gasteiger partial charge in [-0.1, -0.05) is 15.9 Å². The van der Waals surface area contributed by atoms with Crippen molar-refractivity contribution >= 4 is 31.9 Å². The van der Waals surface area contributed by atoms with Crippen LogP contribution in [0.2, 0.25) is 0 Å². The van der Waals surface area contributed by atoms with Gasteiger partial charge in [0.25, 0.3) is 5.91 Å². The molecule has 118 valence electrons. The van der Waals surface area contributed by atoms with Crippen LogP contribution in [0.15, 0.2) is 22.7 Å². The van der Waals surface area contributed by atoms with Gasteiger partial charge in [0.05, 0.1) is 16.9 Å². The number of rotatable bonds is 5. The molecule has 0 radical (unpaired) electrons. The molecule has 0 aliphatic rings. The van der Waals surface area contributed by atoms with E-state index in [0.29, 0.717) is 0 Å². The maximum absolute atomic E-state index is 12.8. The summed E-state index contributed by atoms with van der Waals surface area (Å²) >= 11 is 2.91. The van der Waals surface area contributed by atoms with Gasteiger partial charge in [-0.05, 0) is 25.2 Å². The van der Waals surface area contributed by atoms with E-state index >= 15 is 0 Å². The number of nitrogens with one attached hydrogen (secondary N) is 2. The summed E-state index contributed by atoms with van der Waals surface area (Å²) in [5, 5.41) is 2.15. The fourth-order valence-electron chi connectivity index (χ4n) is 1.45. The SMILES string of the molecule is CNS(=O)(=O)CCNC(=O)c1ccc(Br)cc1C(F)(F)F. The van der Waals surface area contributed by atoms with Gasteiger partial charge in [0, 0.05) is 11.0 Å². The molecule has 0 heterocycles. The van der Waals surface area contributed by atoms with Crippen molar-refractivity contribution in [2.75, 3.05) is 19.3 Å². The Balaban J connectivity index is 2.89. The number of halogens is 4. The summed E-state index contributed by atoms with van der Waals surface area (Å²) in [5.74, 6) is -1.41. The topological polar surface area (TPSA) is 75.3 Å². The first-order chi connectivity index (χ1) is 9.57. The van der Waals surface area contributed by atoms with Crippen LogP contribution in [0.5, 0.6) is 0 Å². The first-order valence-corrected chi connectivity index (χ1v) is 8.07. The van der Waals surface area contributed by atoms with Gasteiger partial charge in [0.15, 0.2) is 0 Å². The lowest BCUT2D eigenvalue weighted by atomic mass is 10.1. The number of alkyl halides is 3. The molecule has 0 aromatic heterocycles. The summed E-state index contributed by atoms with van der Waals surface area (Å²) in [6, 6.07) is 3.11. The van der Waals surface area contributed by atoms with Gasteiger partial charge in [-0.3, -0.25) is 4.79 Å². The number of carbonyl (C=O) groups excluding carboxylic acids is 1. The van der Waals surface area contributed by atoms with Crippen molar-refractivity contribution in [3.05, 3.63) is 33.8 Å². The number of carbonyl (C=O) groups is 1. The summed E-state index contributed by atoms with van der Waals surface area (Å²) in [6.07, 6.45) is -4.69. The Labute approximate surface area is 128 Å². The average Bonchev–Trinajstić information content (AvgIpc) is 2.37. The van der Waals surface area contributed by atoms with Crippen LogP contribution in [0.4, 0.5) is 13.2 Å². The zero-order valence-corrected chi connectivity index (χ0v) is 13.2. The first-order valence-electron chi connectivity index (χ1n) is 5.63. The molecular formula is C11H12BrF3N2O3S. The minimum absolute atomic E-state index is 0.184. The zero-order valence-electron chi connectivity index (χ0n) is 10.8. The fourth-order valence-corrected chi connectivity index (χ4v) is 2.38. The monoisotopic (exact) mass is 388 g/mol. The summed E-state index contributed by atoms with van der Waals surface area (Å²) < 4.78 is 63.0. The highest BCUT2D eigenvalue weighted by Crippen LogP contribution is 2.33. The second-order valence-electron chi connectivity index (χ2n) is 3.97. The Bertz CT molecular complexity index is 632. The molecule has 1 aromatic carbocycles. The molecular weight excluding hydrogens is 377 g/mol. The van der Waals surface area contributed by atoms with Crippen LogP contribution < -0.4 is 10.0 Å². The van der Waals surface area contributed by atoms with Crippen LogP contribution in [-0.2, 0) is 16.2 Å². The molecule has 0 spiro atoms. The molecule has 1 aromatic rings. The average molecular weight is 389 g/mol. The van der Waals surface area contributed by atoms with Crippen LogP contribution in [0.25, 0.3) is 0 Å². The van der Waals surface area contributed by atoms with E-state index in [1.165, 1.54) is 13.1 Å². The molecule has 0 aliphatic carbocycles. The van der Waals surface area contributed by atoms with Crippen molar-refractivity contribution in [1.82, 2.24) is 10.0 Å². The third-order valence-corrected chi connectivity index (χ3v) is 4.36. The second-order valence-corrected chi connectivity index (χ2v) is 6.93. The molecule has 1 rings (SSSR count). The maximum Gasteiger partial charge on any atom is 0.417 e. The van der Waals surface area contributed by atoms with E-state index in [2.05, 4.69) is 21.2 Å². The standard InChI is InChI=1S/C11H12BrF3N2O3S/c1-16-21(19,20)5-4-17-10(18)8-3-2-7(12)6-9(8)11(13,14)15/h2-3,6,16H,4-5H2,1H3,(H,17,18). The lowest BCUT2D eigenvalue weighted by molar-refractivity contribution is -0.138. The Morgan fingerprint density at radius 1 is 1.33 bits per heavy atom. The first kappa shape index (κ1) is 17.9. The van der Waals surface area contributed by atoms with E-state index in [4.69, 9.17) is 0 Å². The van der Waals surface area contributed by atoms with E-state index < -0.39 is 39.0 Å². The van der Waals surface area contributed by atoms with Crippen LogP contribution >= 0.6 is 15.9 Å². The zero-order chi connectivity index (χ0) is 16.3. The summed E-state index contributed by atoms with van der Waals surface area (Å²) in [5.41, 5.74) is -1.65. The van der Waals surface area contributed by atoms with Crippen LogP contribution in [-0.4, -0.2) is 33.7 Å². The normalized spacial score (nSPS) is 12.2. The third kappa shape index (κ3) is 5.29. The fraction of sp³-hybridized carbons (Fsp3) is 0.364. The molecule has 0 atom stereocenters. The van der Waals surface area contributed by atoms with Crippen LogP contribution in [0, 0.1) is 0 Å². The van der Waals surface area contributed by atoms with Gasteiger partial charge in [-0.15, -0.1) is 0 Å². The maximum atomic E-state index is 12.8. The van der Waals surface area contributed by atoms with Crippen molar-refractivity contribution in [3.63, 3.8) is 0 Å². The molecule has 21 heavy (non-hydrogen) atoms. The van der Waals surface area contributed by atoms with Gasteiger partial charge >= 0.3 is 6.18 Å². The third-order valence-electron chi connectivity index (χ3n) is 2.50. The van der Waals surface area contributed by atoms with Crippen molar-refractivity contribution in [3.8, 4) is 0 Å². The Hall–Kier alpha value is -1.13. The Kier molecular flexibility index (Phi) is 5.76. The minimum Gasteiger partial charge on any atom is -0.351 e. The number of amides is 1. The number of sulfonamides is 1. The van der Waals surface area contributed by atoms with Crippen molar-refractivity contribution in [1.29, 1.82) is 0 Å². The number of hydrogen-bond acceptors (Lipinski definition) is 3. The van der Waals surface area contributed by atoms with Gasteiger partial charge in [-0.25, -0.2) is 13.1 Å². The highest BCUT2D eigenvalue weighted by Gasteiger charge is 2.35. The van der Waals surface area contributed by atoms with Crippen LogP contribution in [0.3, 0.4) is 0 Å². The van der Waals surface area contributed by atoms with Gasteiger partial charge in [0.2, 0.25) is 10.0 Å². The second kappa shape index (κ2) is 6.75. The van der Waals surface area contributed by atoms with E-state index in [9.17, 15) is 26.4 Å². The largest absolute Gasteiger partial charge is 0.417 e. The predicted octanol–water partition coefficient (Wildman–Crippen LogP) is 1.75. The van der Waals surface area contributed by atoms with Gasteiger partial charge in [0.1, 0.15) is 0 Å². The molecule has 1 amide bonds. The lowest BCUT2D eigenvalue weighted by Crippen LogP contribution is -2.33. The molecule has 0 aliphatic heterocycles. The molecule has 0 fully saturated rings. The van der Waals surface area contributed by atoms with Gasteiger partial charge < -0.3 is 5.32 Å². The highest BCUT2D eigenvalue weighted by molar-refractivity contribution is 9.10. The van der Waals surface area contributed by atoms with E-state index in [1.54, 1.807) is 0 Å². The predicted molar refractivity (Wildman–Crippen MR) is 74.3 cm³/mol. The summed E-state index contributed by atoms with van der Waals surface area (Å²) in [6.45, 7) is -0.296. The molecule has 5 nitrogen and oxygen atoms in total. The Morgan fingerprint density at radius 2 is 1.95 bits per heavy atom.